The molecule has 0 N–H and O–H groups in total. The summed E-state index contributed by atoms with van der Waals surface area (Å²) in [7, 11) is 0. The predicted octanol–water partition coefficient (Wildman–Crippen LogP) is 7.85. The topological polar surface area (TPSA) is 46.6 Å². The van der Waals surface area contributed by atoms with Crippen LogP contribution in [-0.2, 0) is 11.4 Å². The molecule has 8 heteroatoms. The second kappa shape index (κ2) is 11.2. The lowest BCUT2D eigenvalue weighted by Gasteiger charge is -2.25. The Morgan fingerprint density at radius 2 is 1.72 bits per heavy atom. The molecule has 2 aliphatic rings. The van der Waals surface area contributed by atoms with E-state index in [1.807, 2.05) is 42.5 Å². The summed E-state index contributed by atoms with van der Waals surface area (Å²) in [5.41, 5.74) is 1.99. The highest BCUT2D eigenvalue weighted by Gasteiger charge is 2.36. The van der Waals surface area contributed by atoms with Gasteiger partial charge in [0.1, 0.15) is 12.4 Å². The lowest BCUT2D eigenvalue weighted by molar-refractivity contribution is -0.123. The van der Waals surface area contributed by atoms with Gasteiger partial charge in [-0.2, -0.15) is 0 Å². The van der Waals surface area contributed by atoms with E-state index in [0.29, 0.717) is 24.0 Å². The van der Waals surface area contributed by atoms with Crippen molar-refractivity contribution in [3.63, 3.8) is 0 Å². The molecule has 2 aromatic rings. The standard InChI is InChI=1S/C24H22BrI2NO3S/c25-18-8-6-16(7-9-18)14-31-22-19(26)10-17(11-20(22)27)12-21-23(29)28(24(30)32-21)13-15-4-2-1-3-5-15/h6-12,15H,1-5,13-14H2/b21-12+. The van der Waals surface area contributed by atoms with Gasteiger partial charge >= 0.3 is 0 Å². The molecular weight excluding hydrogens is 716 g/mol. The fourth-order valence-electron chi connectivity index (χ4n) is 3.97. The summed E-state index contributed by atoms with van der Waals surface area (Å²) in [4.78, 5) is 27.3. The number of hydrogen-bond donors (Lipinski definition) is 0. The van der Waals surface area contributed by atoms with E-state index in [4.69, 9.17) is 4.74 Å². The molecule has 0 unspecified atom stereocenters. The number of halogens is 3. The summed E-state index contributed by atoms with van der Waals surface area (Å²) in [6.45, 7) is 1.04. The molecule has 2 aromatic carbocycles. The second-order valence-electron chi connectivity index (χ2n) is 8.03. The fraction of sp³-hybridized carbons (Fsp3) is 0.333. The maximum absolute atomic E-state index is 12.9. The third-order valence-electron chi connectivity index (χ3n) is 5.65. The number of benzene rings is 2. The Balaban J connectivity index is 1.45. The minimum absolute atomic E-state index is 0.148. The molecule has 4 nitrogen and oxygen atoms in total. The van der Waals surface area contributed by atoms with Crippen molar-refractivity contribution in [1.82, 2.24) is 4.90 Å². The monoisotopic (exact) mass is 737 g/mol. The van der Waals surface area contributed by atoms with E-state index in [1.54, 1.807) is 0 Å². The minimum Gasteiger partial charge on any atom is -0.487 e. The summed E-state index contributed by atoms with van der Waals surface area (Å²) in [5, 5.41) is -0.148. The molecule has 0 bridgehead atoms. The normalized spacial score (nSPS) is 18.6. The van der Waals surface area contributed by atoms with E-state index in [-0.39, 0.29) is 11.1 Å². The smallest absolute Gasteiger partial charge is 0.293 e. The van der Waals surface area contributed by atoms with Crippen LogP contribution >= 0.6 is 72.9 Å². The van der Waals surface area contributed by atoms with Crippen LogP contribution in [-0.4, -0.2) is 22.6 Å². The first-order valence-corrected chi connectivity index (χ1v) is 14.3. The molecule has 0 spiro atoms. The van der Waals surface area contributed by atoms with Crippen LogP contribution in [0.5, 0.6) is 5.75 Å². The van der Waals surface area contributed by atoms with E-state index < -0.39 is 0 Å². The van der Waals surface area contributed by atoms with Gasteiger partial charge in [-0.05, 0) is 117 Å². The molecule has 32 heavy (non-hydrogen) atoms. The molecule has 1 saturated carbocycles. The number of thioether (sulfide) groups is 1. The first kappa shape index (κ1) is 24.5. The molecule has 2 amide bonds. The Kier molecular flexibility index (Phi) is 8.60. The number of nitrogens with zero attached hydrogens (tertiary/aromatic N) is 1. The van der Waals surface area contributed by atoms with Gasteiger partial charge in [-0.3, -0.25) is 14.5 Å². The van der Waals surface area contributed by atoms with Gasteiger partial charge < -0.3 is 4.74 Å². The third-order valence-corrected chi connectivity index (χ3v) is 8.69. The van der Waals surface area contributed by atoms with Crippen LogP contribution in [0.2, 0.25) is 0 Å². The first-order chi connectivity index (χ1) is 15.4. The molecule has 4 rings (SSSR count). The van der Waals surface area contributed by atoms with Crippen molar-refractivity contribution in [2.24, 2.45) is 5.92 Å². The third kappa shape index (κ3) is 6.09. The van der Waals surface area contributed by atoms with Gasteiger partial charge in [0, 0.05) is 11.0 Å². The van der Waals surface area contributed by atoms with E-state index >= 15 is 0 Å². The van der Waals surface area contributed by atoms with Crippen molar-refractivity contribution < 1.29 is 14.3 Å². The number of carbonyl (C=O) groups is 2. The highest BCUT2D eigenvalue weighted by atomic mass is 127. The summed E-state index contributed by atoms with van der Waals surface area (Å²) in [6, 6.07) is 12.0. The zero-order chi connectivity index (χ0) is 22.7. The summed E-state index contributed by atoms with van der Waals surface area (Å²) in [5.74, 6) is 1.11. The van der Waals surface area contributed by atoms with Gasteiger partial charge in [-0.1, -0.05) is 47.3 Å². The Morgan fingerprint density at radius 1 is 1.06 bits per heavy atom. The maximum atomic E-state index is 12.9. The lowest BCUT2D eigenvalue weighted by Crippen LogP contribution is -2.34. The van der Waals surface area contributed by atoms with Gasteiger partial charge in [0.2, 0.25) is 0 Å². The highest BCUT2D eigenvalue weighted by molar-refractivity contribution is 14.1. The van der Waals surface area contributed by atoms with E-state index in [2.05, 4.69) is 61.1 Å². The molecule has 0 atom stereocenters. The number of hydrogen-bond acceptors (Lipinski definition) is 4. The maximum Gasteiger partial charge on any atom is 0.293 e. The Hall–Kier alpha value is -0.590. The average molecular weight is 738 g/mol. The fourth-order valence-corrected chi connectivity index (χ4v) is 7.21. The van der Waals surface area contributed by atoms with Crippen LogP contribution in [0.1, 0.15) is 43.2 Å². The van der Waals surface area contributed by atoms with Gasteiger partial charge in [0.15, 0.2) is 0 Å². The number of imide groups is 1. The predicted molar refractivity (Wildman–Crippen MR) is 150 cm³/mol. The van der Waals surface area contributed by atoms with Gasteiger partial charge in [0.25, 0.3) is 11.1 Å². The minimum atomic E-state index is -0.161. The molecule has 1 heterocycles. The summed E-state index contributed by atoms with van der Waals surface area (Å²) < 4.78 is 9.06. The van der Waals surface area contributed by atoms with E-state index in [1.165, 1.54) is 24.2 Å². The van der Waals surface area contributed by atoms with Crippen LogP contribution in [0.15, 0.2) is 45.8 Å². The van der Waals surface area contributed by atoms with E-state index in [0.717, 1.165) is 53.1 Å². The first-order valence-electron chi connectivity index (χ1n) is 10.5. The van der Waals surface area contributed by atoms with Crippen molar-refractivity contribution in [1.29, 1.82) is 0 Å². The number of rotatable bonds is 6. The molecule has 2 fully saturated rings. The molecule has 1 saturated heterocycles. The summed E-state index contributed by atoms with van der Waals surface area (Å²) >= 11 is 9.02. The number of ether oxygens (including phenoxy) is 1. The highest BCUT2D eigenvalue weighted by Crippen LogP contribution is 2.36. The molecule has 168 valence electrons. The molecule has 1 aliphatic heterocycles. The molecule has 0 radical (unpaired) electrons. The molecule has 0 aromatic heterocycles. The van der Waals surface area contributed by atoms with Gasteiger partial charge in [-0.25, -0.2) is 0 Å². The second-order valence-corrected chi connectivity index (χ2v) is 12.3. The van der Waals surface area contributed by atoms with Crippen LogP contribution in [0, 0.1) is 13.1 Å². The van der Waals surface area contributed by atoms with Crippen molar-refractivity contribution >= 4 is 90.1 Å². The quantitative estimate of drug-likeness (QED) is 0.224. The van der Waals surface area contributed by atoms with Crippen molar-refractivity contribution in [2.75, 3.05) is 6.54 Å². The number of amides is 2. The van der Waals surface area contributed by atoms with E-state index in [9.17, 15) is 9.59 Å². The van der Waals surface area contributed by atoms with Crippen molar-refractivity contribution in [2.45, 2.75) is 38.7 Å². The van der Waals surface area contributed by atoms with Gasteiger partial charge in [-0.15, -0.1) is 0 Å². The van der Waals surface area contributed by atoms with Crippen LogP contribution in [0.3, 0.4) is 0 Å². The van der Waals surface area contributed by atoms with Crippen molar-refractivity contribution in [3.05, 3.63) is 64.0 Å². The SMILES string of the molecule is O=C1S/C(=C/c2cc(I)c(OCc3ccc(Br)cc3)c(I)c2)C(=O)N1CC1CCCCC1. The van der Waals surface area contributed by atoms with Crippen LogP contribution < -0.4 is 4.74 Å². The molecular formula is C24H22BrI2NO3S. The Labute approximate surface area is 228 Å². The zero-order valence-corrected chi connectivity index (χ0v) is 24.0. The average Bonchev–Trinajstić information content (AvgIpc) is 3.02. The van der Waals surface area contributed by atoms with Crippen LogP contribution in [0.25, 0.3) is 6.08 Å². The van der Waals surface area contributed by atoms with Crippen LogP contribution in [0.4, 0.5) is 4.79 Å². The summed E-state index contributed by atoms with van der Waals surface area (Å²) in [6.07, 6.45) is 7.71. The Bertz CT molecular complexity index is 1030. The largest absolute Gasteiger partial charge is 0.487 e. The number of carbonyl (C=O) groups excluding carboxylic acids is 2. The zero-order valence-electron chi connectivity index (χ0n) is 17.3. The van der Waals surface area contributed by atoms with Crippen molar-refractivity contribution in [3.8, 4) is 5.75 Å². The van der Waals surface area contributed by atoms with Gasteiger partial charge in [0.05, 0.1) is 12.0 Å². The Morgan fingerprint density at radius 3 is 2.38 bits per heavy atom. The molecule has 1 aliphatic carbocycles. The lowest BCUT2D eigenvalue weighted by atomic mass is 9.89.